The molecule has 1 aliphatic heterocycles. The number of likely N-dealkylation sites (tertiary alicyclic amines) is 1. The van der Waals surface area contributed by atoms with E-state index in [1.54, 1.807) is 0 Å². The van der Waals surface area contributed by atoms with E-state index in [1.807, 2.05) is 0 Å². The molecule has 1 heterocycles. The summed E-state index contributed by atoms with van der Waals surface area (Å²) in [6.45, 7) is 8.20. The maximum Gasteiger partial charge on any atom is 0.0774 e. The highest BCUT2D eigenvalue weighted by Gasteiger charge is 2.34. The van der Waals surface area contributed by atoms with Gasteiger partial charge in [-0.3, -0.25) is 4.90 Å². The van der Waals surface area contributed by atoms with Gasteiger partial charge >= 0.3 is 0 Å². The maximum atomic E-state index is 10.6. The number of β-amino-alcohol motifs (C(OH)–C–C–N with tert-alkyl or cyclic N) is 1. The summed E-state index contributed by atoms with van der Waals surface area (Å²) in [5, 5.41) is 10.6. The van der Waals surface area contributed by atoms with Crippen LogP contribution in [0.3, 0.4) is 0 Å². The van der Waals surface area contributed by atoms with E-state index >= 15 is 0 Å². The summed E-state index contributed by atoms with van der Waals surface area (Å²) >= 11 is 0. The molecule has 18 heavy (non-hydrogen) atoms. The Balaban J connectivity index is 1.71. The molecule has 2 fully saturated rings. The highest BCUT2D eigenvalue weighted by molar-refractivity contribution is 4.88. The number of ether oxygens (including phenoxy) is 1. The summed E-state index contributed by atoms with van der Waals surface area (Å²) in [5.41, 5.74) is -0.412. The molecular weight excluding hydrogens is 226 g/mol. The van der Waals surface area contributed by atoms with Gasteiger partial charge in [-0.05, 0) is 25.2 Å². The van der Waals surface area contributed by atoms with Crippen LogP contribution in [0.1, 0.15) is 52.4 Å². The summed E-state index contributed by atoms with van der Waals surface area (Å²) in [5.74, 6) is 0.613. The predicted molar refractivity (Wildman–Crippen MR) is 73.7 cm³/mol. The number of hydrogen-bond donors (Lipinski definition) is 1. The molecule has 3 heteroatoms. The van der Waals surface area contributed by atoms with Gasteiger partial charge in [0.2, 0.25) is 0 Å². The Bertz CT molecular complexity index is 249. The summed E-state index contributed by atoms with van der Waals surface area (Å²) in [6.07, 6.45) is 7.17. The van der Waals surface area contributed by atoms with Crippen molar-refractivity contribution in [1.82, 2.24) is 4.90 Å². The monoisotopic (exact) mass is 255 g/mol. The normalized spacial score (nSPS) is 29.0. The molecule has 0 radical (unpaired) electrons. The molecule has 2 rings (SSSR count). The van der Waals surface area contributed by atoms with Gasteiger partial charge in [-0.1, -0.05) is 33.1 Å². The lowest BCUT2D eigenvalue weighted by Gasteiger charge is -2.35. The molecule has 1 aliphatic carbocycles. The molecule has 1 N–H and O–H groups in total. The van der Waals surface area contributed by atoms with Crippen LogP contribution in [-0.2, 0) is 4.74 Å². The smallest absolute Gasteiger partial charge is 0.0774 e. The molecule has 1 saturated heterocycles. The van der Waals surface area contributed by atoms with Crippen molar-refractivity contribution < 1.29 is 9.84 Å². The second-order valence-corrected chi connectivity index (χ2v) is 6.66. The lowest BCUT2D eigenvalue weighted by molar-refractivity contribution is -0.0265. The van der Waals surface area contributed by atoms with Crippen LogP contribution in [0.25, 0.3) is 0 Å². The van der Waals surface area contributed by atoms with E-state index in [4.69, 9.17) is 4.74 Å². The largest absolute Gasteiger partial charge is 0.389 e. The third kappa shape index (κ3) is 4.22. The van der Waals surface area contributed by atoms with E-state index in [-0.39, 0.29) is 0 Å². The predicted octanol–water partition coefficient (Wildman–Crippen LogP) is 2.43. The fraction of sp³-hybridized carbons (Fsp3) is 1.00. The Morgan fingerprint density at radius 2 is 2.00 bits per heavy atom. The minimum absolute atomic E-state index is 0.389. The van der Waals surface area contributed by atoms with Crippen LogP contribution in [0.5, 0.6) is 0 Å². The van der Waals surface area contributed by atoms with Crippen molar-refractivity contribution in [1.29, 1.82) is 0 Å². The van der Waals surface area contributed by atoms with E-state index in [0.29, 0.717) is 12.0 Å². The van der Waals surface area contributed by atoms with Crippen LogP contribution in [0.4, 0.5) is 0 Å². The minimum atomic E-state index is -0.412. The first-order chi connectivity index (χ1) is 8.57. The lowest BCUT2D eigenvalue weighted by atomic mass is 9.84. The van der Waals surface area contributed by atoms with Crippen molar-refractivity contribution in [3.05, 3.63) is 0 Å². The van der Waals surface area contributed by atoms with Crippen molar-refractivity contribution in [3.63, 3.8) is 0 Å². The lowest BCUT2D eigenvalue weighted by Crippen LogP contribution is -2.44. The molecular formula is C15H29NO2. The first-order valence-electron chi connectivity index (χ1n) is 7.64. The molecule has 1 saturated carbocycles. The third-order valence-corrected chi connectivity index (χ3v) is 4.20. The van der Waals surface area contributed by atoms with Gasteiger partial charge < -0.3 is 9.84 Å². The number of rotatable bonds is 5. The zero-order chi connectivity index (χ0) is 13.0. The molecule has 0 spiro atoms. The molecule has 0 aromatic carbocycles. The molecule has 106 valence electrons. The topological polar surface area (TPSA) is 32.7 Å². The fourth-order valence-corrected chi connectivity index (χ4v) is 3.19. The third-order valence-electron chi connectivity index (χ3n) is 4.20. The van der Waals surface area contributed by atoms with Gasteiger partial charge in [0.15, 0.2) is 0 Å². The van der Waals surface area contributed by atoms with Crippen LogP contribution in [0, 0.1) is 5.92 Å². The van der Waals surface area contributed by atoms with Crippen molar-refractivity contribution in [2.24, 2.45) is 5.92 Å². The zero-order valence-corrected chi connectivity index (χ0v) is 12.0. The quantitative estimate of drug-likeness (QED) is 0.819. The Labute approximate surface area is 112 Å². The second-order valence-electron chi connectivity index (χ2n) is 6.66. The molecule has 0 aromatic heterocycles. The highest BCUT2D eigenvalue weighted by atomic mass is 16.5. The number of aliphatic hydroxyl groups is 1. The Morgan fingerprint density at radius 3 is 2.67 bits per heavy atom. The fourth-order valence-electron chi connectivity index (χ4n) is 3.19. The van der Waals surface area contributed by atoms with Gasteiger partial charge in [0.25, 0.3) is 0 Å². The molecule has 3 nitrogen and oxygen atoms in total. The van der Waals surface area contributed by atoms with E-state index in [1.165, 1.54) is 19.3 Å². The van der Waals surface area contributed by atoms with Crippen LogP contribution < -0.4 is 0 Å². The van der Waals surface area contributed by atoms with Crippen LogP contribution in [-0.4, -0.2) is 48.0 Å². The Hall–Kier alpha value is -0.120. The Morgan fingerprint density at radius 1 is 1.28 bits per heavy atom. The van der Waals surface area contributed by atoms with Crippen molar-refractivity contribution in [3.8, 4) is 0 Å². The van der Waals surface area contributed by atoms with Crippen molar-refractivity contribution >= 4 is 0 Å². The summed E-state index contributed by atoms with van der Waals surface area (Å²) in [4.78, 5) is 2.40. The number of hydrogen-bond acceptors (Lipinski definition) is 3. The van der Waals surface area contributed by atoms with Crippen molar-refractivity contribution in [2.45, 2.75) is 64.1 Å². The van der Waals surface area contributed by atoms with Gasteiger partial charge in [-0.25, -0.2) is 0 Å². The van der Waals surface area contributed by atoms with Gasteiger partial charge in [0.05, 0.1) is 11.7 Å². The zero-order valence-electron chi connectivity index (χ0n) is 12.0. The van der Waals surface area contributed by atoms with E-state index in [2.05, 4.69) is 18.7 Å². The van der Waals surface area contributed by atoms with Crippen molar-refractivity contribution in [2.75, 3.05) is 26.2 Å². The summed E-state index contributed by atoms with van der Waals surface area (Å²) in [7, 11) is 0. The van der Waals surface area contributed by atoms with Crippen LogP contribution in [0.2, 0.25) is 0 Å². The molecule has 0 bridgehead atoms. The average molecular weight is 255 g/mol. The van der Waals surface area contributed by atoms with E-state index in [0.717, 1.165) is 45.5 Å². The standard InChI is InChI=1S/C15H29NO2/c1-13(2)11-18-14-6-9-16(10-14)12-15(17)7-4-3-5-8-15/h13-14,17H,3-12H2,1-2H3. The molecule has 1 unspecified atom stereocenters. The highest BCUT2D eigenvalue weighted by Crippen LogP contribution is 2.30. The summed E-state index contributed by atoms with van der Waals surface area (Å²) < 4.78 is 5.89. The molecule has 0 aromatic rings. The van der Waals surface area contributed by atoms with Crippen LogP contribution >= 0.6 is 0 Å². The molecule has 2 aliphatic rings. The first-order valence-corrected chi connectivity index (χ1v) is 7.64. The Kier molecular flexibility index (Phi) is 5.05. The SMILES string of the molecule is CC(C)COC1CCN(CC2(O)CCCCC2)C1. The van der Waals surface area contributed by atoms with Gasteiger partial charge in [0, 0.05) is 26.2 Å². The van der Waals surface area contributed by atoms with Gasteiger partial charge in [0.1, 0.15) is 0 Å². The van der Waals surface area contributed by atoms with E-state index in [9.17, 15) is 5.11 Å². The molecule has 1 atom stereocenters. The molecule has 0 amide bonds. The number of nitrogens with zero attached hydrogens (tertiary/aromatic N) is 1. The second kappa shape index (κ2) is 6.36. The average Bonchev–Trinajstić information content (AvgIpc) is 2.74. The summed E-state index contributed by atoms with van der Waals surface area (Å²) in [6, 6.07) is 0. The minimum Gasteiger partial charge on any atom is -0.389 e. The van der Waals surface area contributed by atoms with Crippen LogP contribution in [0.15, 0.2) is 0 Å². The van der Waals surface area contributed by atoms with Gasteiger partial charge in [-0.15, -0.1) is 0 Å². The van der Waals surface area contributed by atoms with Gasteiger partial charge in [-0.2, -0.15) is 0 Å². The maximum absolute atomic E-state index is 10.6. The first kappa shape index (κ1) is 14.3. The van der Waals surface area contributed by atoms with E-state index < -0.39 is 5.60 Å².